The van der Waals surface area contributed by atoms with Gasteiger partial charge in [0.05, 0.1) is 0 Å². The van der Waals surface area contributed by atoms with Crippen molar-refractivity contribution in [3.05, 3.63) is 29.3 Å². The predicted octanol–water partition coefficient (Wildman–Crippen LogP) is 3.16. The summed E-state index contributed by atoms with van der Waals surface area (Å²) in [5.74, 6) is 0.915. The van der Waals surface area contributed by atoms with Crippen molar-refractivity contribution in [1.29, 1.82) is 0 Å². The van der Waals surface area contributed by atoms with Crippen molar-refractivity contribution in [2.45, 2.75) is 44.9 Å². The molecule has 17 heavy (non-hydrogen) atoms. The van der Waals surface area contributed by atoms with Gasteiger partial charge >= 0.3 is 0 Å². The summed E-state index contributed by atoms with van der Waals surface area (Å²) < 4.78 is 0. The van der Waals surface area contributed by atoms with E-state index < -0.39 is 0 Å². The van der Waals surface area contributed by atoms with Gasteiger partial charge in [0.15, 0.2) is 0 Å². The number of benzene rings is 1. The first-order valence-electron chi connectivity index (χ1n) is 6.52. The molecule has 0 aromatic heterocycles. The summed E-state index contributed by atoms with van der Waals surface area (Å²) >= 11 is 0. The van der Waals surface area contributed by atoms with Crippen LogP contribution in [0.15, 0.2) is 18.2 Å². The molecule has 1 heterocycles. The second kappa shape index (κ2) is 4.69. The molecule has 2 nitrogen and oxygen atoms in total. The van der Waals surface area contributed by atoms with Crippen LogP contribution in [0.1, 0.15) is 50.7 Å². The van der Waals surface area contributed by atoms with Gasteiger partial charge in [-0.05, 0) is 42.0 Å². The highest BCUT2D eigenvalue weighted by atomic mass is 16.3. The third kappa shape index (κ3) is 2.81. The highest BCUT2D eigenvalue weighted by Crippen LogP contribution is 2.34. The van der Waals surface area contributed by atoms with Gasteiger partial charge in [-0.1, -0.05) is 32.9 Å². The Labute approximate surface area is 104 Å². The van der Waals surface area contributed by atoms with Crippen LogP contribution in [0.2, 0.25) is 0 Å². The van der Waals surface area contributed by atoms with E-state index in [1.807, 2.05) is 12.1 Å². The van der Waals surface area contributed by atoms with Crippen molar-refractivity contribution in [3.8, 4) is 5.75 Å². The summed E-state index contributed by atoms with van der Waals surface area (Å²) in [5, 5.41) is 13.4. The van der Waals surface area contributed by atoms with Crippen molar-refractivity contribution in [1.82, 2.24) is 5.32 Å². The Bertz CT molecular complexity index is 386. The zero-order valence-electron chi connectivity index (χ0n) is 11.1. The minimum Gasteiger partial charge on any atom is -0.508 e. The molecule has 2 N–H and O–H groups in total. The van der Waals surface area contributed by atoms with E-state index >= 15 is 0 Å². The molecule has 1 aliphatic rings. The summed E-state index contributed by atoms with van der Waals surface area (Å²) in [6, 6.07) is 6.08. The Kier molecular flexibility index (Phi) is 3.43. The van der Waals surface area contributed by atoms with E-state index in [-0.39, 0.29) is 5.41 Å². The molecule has 0 bridgehead atoms. The number of piperidine rings is 1. The molecule has 0 radical (unpaired) electrons. The standard InChI is InChI=1S/C15H23NO/c1-15(2,3)12-6-7-14(17)13(9-12)11-5-4-8-16-10-11/h6-7,9,11,16-17H,4-5,8,10H2,1-3H3. The lowest BCUT2D eigenvalue weighted by molar-refractivity contribution is 0.424. The third-order valence-corrected chi connectivity index (χ3v) is 3.63. The maximum absolute atomic E-state index is 10.0. The zero-order valence-corrected chi connectivity index (χ0v) is 11.1. The van der Waals surface area contributed by atoms with E-state index in [1.165, 1.54) is 18.4 Å². The van der Waals surface area contributed by atoms with Crippen molar-refractivity contribution >= 4 is 0 Å². The van der Waals surface area contributed by atoms with Crippen LogP contribution in [0.5, 0.6) is 5.75 Å². The molecule has 1 saturated heterocycles. The van der Waals surface area contributed by atoms with Crippen molar-refractivity contribution in [2.24, 2.45) is 0 Å². The van der Waals surface area contributed by atoms with Gasteiger partial charge in [-0.15, -0.1) is 0 Å². The van der Waals surface area contributed by atoms with Crippen LogP contribution in [0.4, 0.5) is 0 Å². The Morgan fingerprint density at radius 2 is 2.06 bits per heavy atom. The minimum absolute atomic E-state index is 0.143. The molecule has 94 valence electrons. The fourth-order valence-electron chi connectivity index (χ4n) is 2.47. The van der Waals surface area contributed by atoms with Crippen LogP contribution in [0.3, 0.4) is 0 Å². The predicted molar refractivity (Wildman–Crippen MR) is 71.7 cm³/mol. The maximum Gasteiger partial charge on any atom is 0.119 e. The second-order valence-electron chi connectivity index (χ2n) is 6.07. The molecule has 0 aliphatic carbocycles. The molecular formula is C15H23NO. The summed E-state index contributed by atoms with van der Waals surface area (Å²) in [7, 11) is 0. The van der Waals surface area contributed by atoms with Crippen LogP contribution in [0.25, 0.3) is 0 Å². The van der Waals surface area contributed by atoms with E-state index in [2.05, 4.69) is 32.2 Å². The summed E-state index contributed by atoms with van der Waals surface area (Å²) in [6.07, 6.45) is 2.37. The van der Waals surface area contributed by atoms with E-state index in [0.29, 0.717) is 11.7 Å². The van der Waals surface area contributed by atoms with Gasteiger partial charge < -0.3 is 10.4 Å². The van der Waals surface area contributed by atoms with Gasteiger partial charge in [0.1, 0.15) is 5.75 Å². The van der Waals surface area contributed by atoms with E-state index in [0.717, 1.165) is 18.7 Å². The van der Waals surface area contributed by atoms with Gasteiger partial charge in [0, 0.05) is 12.5 Å². The molecule has 0 saturated carbocycles. The Morgan fingerprint density at radius 3 is 2.65 bits per heavy atom. The molecule has 0 spiro atoms. The number of rotatable bonds is 1. The topological polar surface area (TPSA) is 32.3 Å². The van der Waals surface area contributed by atoms with Crippen LogP contribution in [0, 0.1) is 0 Å². The summed E-state index contributed by atoms with van der Waals surface area (Å²) in [4.78, 5) is 0. The lowest BCUT2D eigenvalue weighted by Gasteiger charge is -2.26. The Balaban J connectivity index is 2.31. The van der Waals surface area contributed by atoms with Crippen LogP contribution in [-0.4, -0.2) is 18.2 Å². The number of hydrogen-bond acceptors (Lipinski definition) is 2. The van der Waals surface area contributed by atoms with Crippen molar-refractivity contribution in [2.75, 3.05) is 13.1 Å². The maximum atomic E-state index is 10.0. The third-order valence-electron chi connectivity index (χ3n) is 3.63. The van der Waals surface area contributed by atoms with Crippen molar-refractivity contribution < 1.29 is 5.11 Å². The van der Waals surface area contributed by atoms with Crippen LogP contribution in [-0.2, 0) is 5.41 Å². The second-order valence-corrected chi connectivity index (χ2v) is 6.07. The molecule has 1 aromatic rings. The molecule has 1 fully saturated rings. The molecule has 1 unspecified atom stereocenters. The molecule has 2 rings (SSSR count). The van der Waals surface area contributed by atoms with E-state index in [9.17, 15) is 5.11 Å². The smallest absolute Gasteiger partial charge is 0.119 e. The van der Waals surface area contributed by atoms with Gasteiger partial charge in [0.2, 0.25) is 0 Å². The van der Waals surface area contributed by atoms with Gasteiger partial charge in [-0.2, -0.15) is 0 Å². The van der Waals surface area contributed by atoms with Gasteiger partial charge in [-0.3, -0.25) is 0 Å². The summed E-state index contributed by atoms with van der Waals surface area (Å²) in [5.41, 5.74) is 2.56. The highest BCUT2D eigenvalue weighted by Gasteiger charge is 2.21. The summed E-state index contributed by atoms with van der Waals surface area (Å²) in [6.45, 7) is 8.73. The Hall–Kier alpha value is -1.02. The molecular weight excluding hydrogens is 210 g/mol. The van der Waals surface area contributed by atoms with E-state index in [4.69, 9.17) is 0 Å². The first-order valence-corrected chi connectivity index (χ1v) is 6.52. The molecule has 0 amide bonds. The number of phenols is 1. The molecule has 1 atom stereocenters. The SMILES string of the molecule is CC(C)(C)c1ccc(O)c(C2CCCNC2)c1. The fourth-order valence-corrected chi connectivity index (χ4v) is 2.47. The average Bonchev–Trinajstić information content (AvgIpc) is 2.29. The number of aromatic hydroxyl groups is 1. The van der Waals surface area contributed by atoms with E-state index in [1.54, 1.807) is 0 Å². The normalized spacial score (nSPS) is 21.5. The quantitative estimate of drug-likeness (QED) is 0.781. The van der Waals surface area contributed by atoms with Crippen molar-refractivity contribution in [3.63, 3.8) is 0 Å². The number of hydrogen-bond donors (Lipinski definition) is 2. The van der Waals surface area contributed by atoms with Gasteiger partial charge in [0.25, 0.3) is 0 Å². The van der Waals surface area contributed by atoms with Crippen LogP contribution < -0.4 is 5.32 Å². The molecule has 2 heteroatoms. The molecule has 1 aliphatic heterocycles. The fraction of sp³-hybridized carbons (Fsp3) is 0.600. The minimum atomic E-state index is 0.143. The monoisotopic (exact) mass is 233 g/mol. The first-order chi connectivity index (χ1) is 7.98. The molecule has 1 aromatic carbocycles. The zero-order chi connectivity index (χ0) is 12.5. The number of nitrogens with one attached hydrogen (secondary N) is 1. The lowest BCUT2D eigenvalue weighted by Crippen LogP contribution is -2.28. The number of phenolic OH excluding ortho intramolecular Hbond substituents is 1. The lowest BCUT2D eigenvalue weighted by atomic mass is 9.83. The highest BCUT2D eigenvalue weighted by molar-refractivity contribution is 5.41. The largest absolute Gasteiger partial charge is 0.508 e. The van der Waals surface area contributed by atoms with Gasteiger partial charge in [-0.25, -0.2) is 0 Å². The Morgan fingerprint density at radius 1 is 1.29 bits per heavy atom. The average molecular weight is 233 g/mol. The van der Waals surface area contributed by atoms with Crippen LogP contribution >= 0.6 is 0 Å². The first kappa shape index (κ1) is 12.4.